The van der Waals surface area contributed by atoms with Gasteiger partial charge in [0.15, 0.2) is 11.6 Å². The van der Waals surface area contributed by atoms with E-state index in [0.29, 0.717) is 25.5 Å². The highest BCUT2D eigenvalue weighted by Crippen LogP contribution is 2.23. The summed E-state index contributed by atoms with van der Waals surface area (Å²) in [6.45, 7) is 2.39. The first-order chi connectivity index (χ1) is 10.3. The number of rotatable bonds is 9. The Hall–Kier alpha value is -1.43. The summed E-state index contributed by atoms with van der Waals surface area (Å²) < 4.78 is 24.5. The van der Waals surface area contributed by atoms with Gasteiger partial charge in [-0.15, -0.1) is 0 Å². The van der Waals surface area contributed by atoms with Crippen molar-refractivity contribution in [3.63, 3.8) is 0 Å². The van der Waals surface area contributed by atoms with Crippen molar-refractivity contribution in [2.24, 2.45) is 0 Å². The minimum atomic E-state index is -0.314. The molecule has 1 N–H and O–H groups in total. The highest BCUT2D eigenvalue weighted by molar-refractivity contribution is 7.07. The SMILES string of the molecule is COCCNCc1cccc(F)c1OCCc1ccsc1. The number of hydrogen-bond donors (Lipinski definition) is 1. The van der Waals surface area contributed by atoms with E-state index in [1.165, 1.54) is 11.6 Å². The molecule has 21 heavy (non-hydrogen) atoms. The van der Waals surface area contributed by atoms with Crippen LogP contribution in [0.1, 0.15) is 11.1 Å². The van der Waals surface area contributed by atoms with Gasteiger partial charge >= 0.3 is 0 Å². The predicted molar refractivity (Wildman–Crippen MR) is 83.5 cm³/mol. The van der Waals surface area contributed by atoms with Crippen LogP contribution >= 0.6 is 11.3 Å². The molecule has 0 fully saturated rings. The van der Waals surface area contributed by atoms with Crippen LogP contribution in [-0.4, -0.2) is 26.9 Å². The normalized spacial score (nSPS) is 10.8. The molecular formula is C16H20FNO2S. The number of thiophene rings is 1. The minimum Gasteiger partial charge on any atom is -0.490 e. The van der Waals surface area contributed by atoms with E-state index in [9.17, 15) is 4.39 Å². The standard InChI is InChI=1S/C16H20FNO2S/c1-19-9-7-18-11-14-3-2-4-15(17)16(14)20-8-5-13-6-10-21-12-13/h2-4,6,10,12,18H,5,7-9,11H2,1H3. The second kappa shape index (κ2) is 8.77. The van der Waals surface area contributed by atoms with Gasteiger partial charge in [0.25, 0.3) is 0 Å². The van der Waals surface area contributed by atoms with E-state index in [0.717, 1.165) is 18.5 Å². The third kappa shape index (κ3) is 5.12. The average Bonchev–Trinajstić information content (AvgIpc) is 2.99. The lowest BCUT2D eigenvalue weighted by molar-refractivity contribution is 0.199. The van der Waals surface area contributed by atoms with Crippen molar-refractivity contribution in [1.82, 2.24) is 5.32 Å². The van der Waals surface area contributed by atoms with Crippen molar-refractivity contribution in [2.75, 3.05) is 26.9 Å². The molecule has 0 atom stereocenters. The number of benzene rings is 1. The number of methoxy groups -OCH3 is 1. The van der Waals surface area contributed by atoms with Crippen LogP contribution in [0.5, 0.6) is 5.75 Å². The quantitative estimate of drug-likeness (QED) is 0.721. The lowest BCUT2D eigenvalue weighted by atomic mass is 10.2. The van der Waals surface area contributed by atoms with Crippen LogP contribution in [0.3, 0.4) is 0 Å². The maximum atomic E-state index is 13.9. The van der Waals surface area contributed by atoms with E-state index in [1.807, 2.05) is 11.4 Å². The molecule has 0 aliphatic carbocycles. The highest BCUT2D eigenvalue weighted by Gasteiger charge is 2.09. The van der Waals surface area contributed by atoms with Gasteiger partial charge in [-0.2, -0.15) is 11.3 Å². The largest absolute Gasteiger partial charge is 0.490 e. The van der Waals surface area contributed by atoms with Crippen molar-refractivity contribution in [2.45, 2.75) is 13.0 Å². The smallest absolute Gasteiger partial charge is 0.165 e. The molecule has 0 amide bonds. The maximum absolute atomic E-state index is 13.9. The summed E-state index contributed by atoms with van der Waals surface area (Å²) in [5, 5.41) is 7.32. The molecule has 2 rings (SSSR count). The fourth-order valence-electron chi connectivity index (χ4n) is 1.96. The lowest BCUT2D eigenvalue weighted by Gasteiger charge is -2.13. The lowest BCUT2D eigenvalue weighted by Crippen LogP contribution is -2.19. The summed E-state index contributed by atoms with van der Waals surface area (Å²) in [7, 11) is 1.66. The highest BCUT2D eigenvalue weighted by atomic mass is 32.1. The number of halogens is 1. The number of hydrogen-bond acceptors (Lipinski definition) is 4. The predicted octanol–water partition coefficient (Wildman–Crippen LogP) is 3.24. The molecule has 1 aromatic heterocycles. The van der Waals surface area contributed by atoms with Gasteiger partial charge in [-0.1, -0.05) is 12.1 Å². The number of ether oxygens (including phenoxy) is 2. The zero-order valence-electron chi connectivity index (χ0n) is 12.1. The van der Waals surface area contributed by atoms with Crippen LogP contribution < -0.4 is 10.1 Å². The molecule has 1 aromatic carbocycles. The Morgan fingerprint density at radius 3 is 2.90 bits per heavy atom. The van der Waals surface area contributed by atoms with E-state index < -0.39 is 0 Å². The van der Waals surface area contributed by atoms with Gasteiger partial charge in [0.2, 0.25) is 0 Å². The average molecular weight is 309 g/mol. The van der Waals surface area contributed by atoms with E-state index in [1.54, 1.807) is 24.5 Å². The van der Waals surface area contributed by atoms with Crippen LogP contribution in [0.25, 0.3) is 0 Å². The molecule has 2 aromatic rings. The van der Waals surface area contributed by atoms with E-state index >= 15 is 0 Å². The Kier molecular flexibility index (Phi) is 6.66. The van der Waals surface area contributed by atoms with Gasteiger partial charge in [-0.25, -0.2) is 4.39 Å². The molecule has 0 spiro atoms. The van der Waals surface area contributed by atoms with Crippen molar-refractivity contribution in [3.05, 3.63) is 52.0 Å². The first-order valence-corrected chi connectivity index (χ1v) is 7.86. The van der Waals surface area contributed by atoms with E-state index in [-0.39, 0.29) is 5.82 Å². The Balaban J connectivity index is 1.90. The fourth-order valence-corrected chi connectivity index (χ4v) is 2.66. The summed E-state index contributed by atoms with van der Waals surface area (Å²) in [5.41, 5.74) is 2.05. The zero-order chi connectivity index (χ0) is 14.9. The Morgan fingerprint density at radius 2 is 2.14 bits per heavy atom. The molecule has 0 saturated carbocycles. The fraction of sp³-hybridized carbons (Fsp3) is 0.375. The van der Waals surface area contributed by atoms with Crippen molar-refractivity contribution in [3.8, 4) is 5.75 Å². The number of nitrogens with one attached hydrogen (secondary N) is 1. The molecular weight excluding hydrogens is 289 g/mol. The van der Waals surface area contributed by atoms with E-state index in [2.05, 4.69) is 16.8 Å². The van der Waals surface area contributed by atoms with E-state index in [4.69, 9.17) is 9.47 Å². The molecule has 5 heteroatoms. The van der Waals surface area contributed by atoms with Gasteiger partial charge < -0.3 is 14.8 Å². The van der Waals surface area contributed by atoms with Crippen LogP contribution in [0.2, 0.25) is 0 Å². The zero-order valence-corrected chi connectivity index (χ0v) is 12.9. The molecule has 114 valence electrons. The molecule has 0 aliphatic heterocycles. The third-order valence-corrected chi connectivity index (χ3v) is 3.80. The topological polar surface area (TPSA) is 30.5 Å². The van der Waals surface area contributed by atoms with Crippen LogP contribution in [-0.2, 0) is 17.7 Å². The summed E-state index contributed by atoms with van der Waals surface area (Å²) >= 11 is 1.66. The van der Waals surface area contributed by atoms with Gasteiger partial charge in [0, 0.05) is 32.2 Å². The third-order valence-electron chi connectivity index (χ3n) is 3.06. The van der Waals surface area contributed by atoms with Crippen LogP contribution in [0.15, 0.2) is 35.0 Å². The summed E-state index contributed by atoms with van der Waals surface area (Å²) in [6.07, 6.45) is 0.786. The molecule has 0 saturated heterocycles. The van der Waals surface area contributed by atoms with Crippen molar-refractivity contribution < 1.29 is 13.9 Å². The molecule has 1 heterocycles. The Bertz CT molecular complexity index is 531. The maximum Gasteiger partial charge on any atom is 0.165 e. The molecule has 0 radical (unpaired) electrons. The molecule has 0 bridgehead atoms. The summed E-state index contributed by atoms with van der Waals surface area (Å²) in [4.78, 5) is 0. The van der Waals surface area contributed by atoms with Crippen molar-refractivity contribution >= 4 is 11.3 Å². The molecule has 0 unspecified atom stereocenters. The first kappa shape index (κ1) is 15.9. The van der Waals surface area contributed by atoms with Crippen LogP contribution in [0, 0.1) is 5.82 Å². The number of para-hydroxylation sites is 1. The molecule has 0 aliphatic rings. The minimum absolute atomic E-state index is 0.314. The molecule has 3 nitrogen and oxygen atoms in total. The second-order valence-corrected chi connectivity index (χ2v) is 5.41. The first-order valence-electron chi connectivity index (χ1n) is 6.92. The van der Waals surface area contributed by atoms with Gasteiger partial charge in [-0.3, -0.25) is 0 Å². The Morgan fingerprint density at radius 1 is 1.24 bits per heavy atom. The Labute approximate surface area is 128 Å². The van der Waals surface area contributed by atoms with Crippen LogP contribution in [0.4, 0.5) is 4.39 Å². The van der Waals surface area contributed by atoms with Crippen molar-refractivity contribution in [1.29, 1.82) is 0 Å². The second-order valence-electron chi connectivity index (χ2n) is 4.63. The van der Waals surface area contributed by atoms with Gasteiger partial charge in [0.05, 0.1) is 13.2 Å². The monoisotopic (exact) mass is 309 g/mol. The van der Waals surface area contributed by atoms with Gasteiger partial charge in [-0.05, 0) is 28.5 Å². The summed E-state index contributed by atoms with van der Waals surface area (Å²) in [5.74, 6) is 0.0315. The van der Waals surface area contributed by atoms with Gasteiger partial charge in [0.1, 0.15) is 0 Å². The summed E-state index contributed by atoms with van der Waals surface area (Å²) in [6, 6.07) is 7.07.